The summed E-state index contributed by atoms with van der Waals surface area (Å²) in [6, 6.07) is 4.03. The van der Waals surface area contributed by atoms with Crippen LogP contribution in [0.1, 0.15) is 0 Å². The highest BCUT2D eigenvalue weighted by Crippen LogP contribution is 2.29. The molecule has 0 radical (unpaired) electrons. The van der Waals surface area contributed by atoms with Crippen LogP contribution in [0.25, 0.3) is 10.9 Å². The molecule has 0 aliphatic rings. The van der Waals surface area contributed by atoms with Gasteiger partial charge in [-0.05, 0) is 24.1 Å². The summed E-state index contributed by atoms with van der Waals surface area (Å²) in [6.45, 7) is 0. The van der Waals surface area contributed by atoms with E-state index in [1.165, 1.54) is 18.1 Å². The first kappa shape index (κ1) is 13.2. The highest BCUT2D eigenvalue weighted by molar-refractivity contribution is 8.00. The quantitative estimate of drug-likeness (QED) is 0.694. The standard InChI is InChI=1S/C13H8ClF2N3S/c14-7-1-8(5-17-4-7)20-19-13-6-18-12-3-11(16)10(15)2-9(12)13/h1-6,18-19H. The van der Waals surface area contributed by atoms with Crippen LogP contribution in [-0.4, -0.2) is 9.97 Å². The fraction of sp³-hybridized carbons (Fsp3) is 0. The molecule has 102 valence electrons. The van der Waals surface area contributed by atoms with Gasteiger partial charge in [-0.1, -0.05) is 11.6 Å². The van der Waals surface area contributed by atoms with E-state index in [2.05, 4.69) is 14.7 Å². The van der Waals surface area contributed by atoms with Crippen molar-refractivity contribution in [2.75, 3.05) is 4.72 Å². The van der Waals surface area contributed by atoms with Crippen molar-refractivity contribution < 1.29 is 8.78 Å². The number of hydrogen-bond donors (Lipinski definition) is 2. The topological polar surface area (TPSA) is 40.7 Å². The second kappa shape index (κ2) is 5.30. The first-order chi connectivity index (χ1) is 9.63. The molecule has 0 unspecified atom stereocenters. The second-order valence-corrected chi connectivity index (χ2v) is 5.37. The molecule has 0 saturated heterocycles. The summed E-state index contributed by atoms with van der Waals surface area (Å²) >= 11 is 7.12. The molecule has 0 spiro atoms. The Bertz CT molecular complexity index is 775. The Kier molecular flexibility index (Phi) is 3.50. The zero-order chi connectivity index (χ0) is 14.1. The van der Waals surface area contributed by atoms with Gasteiger partial charge in [0.25, 0.3) is 0 Å². The number of fused-ring (bicyclic) bond motifs is 1. The molecule has 3 nitrogen and oxygen atoms in total. The van der Waals surface area contributed by atoms with Crippen molar-refractivity contribution in [3.63, 3.8) is 0 Å². The lowest BCUT2D eigenvalue weighted by Gasteiger charge is -2.04. The van der Waals surface area contributed by atoms with Crippen LogP contribution in [0.15, 0.2) is 41.7 Å². The Morgan fingerprint density at radius 3 is 2.75 bits per heavy atom. The lowest BCUT2D eigenvalue weighted by Crippen LogP contribution is -1.87. The number of benzene rings is 1. The SMILES string of the molecule is Fc1cc2[nH]cc(NSc3cncc(Cl)c3)c2cc1F. The molecule has 2 aromatic heterocycles. The molecule has 1 aromatic carbocycles. The first-order valence-corrected chi connectivity index (χ1v) is 6.82. The summed E-state index contributed by atoms with van der Waals surface area (Å²) in [7, 11) is 0. The van der Waals surface area contributed by atoms with Crippen LogP contribution < -0.4 is 4.72 Å². The van der Waals surface area contributed by atoms with Gasteiger partial charge in [-0.2, -0.15) is 0 Å². The predicted molar refractivity (Wildman–Crippen MR) is 76.9 cm³/mol. The van der Waals surface area contributed by atoms with Crippen molar-refractivity contribution in [1.29, 1.82) is 0 Å². The van der Waals surface area contributed by atoms with Crippen molar-refractivity contribution in [3.05, 3.63) is 53.4 Å². The maximum Gasteiger partial charge on any atom is 0.160 e. The van der Waals surface area contributed by atoms with Gasteiger partial charge in [-0.15, -0.1) is 0 Å². The van der Waals surface area contributed by atoms with Crippen molar-refractivity contribution in [1.82, 2.24) is 9.97 Å². The van der Waals surface area contributed by atoms with Crippen LogP contribution in [0, 0.1) is 11.6 Å². The summed E-state index contributed by atoms with van der Waals surface area (Å²) in [4.78, 5) is 7.66. The number of pyridine rings is 1. The second-order valence-electron chi connectivity index (χ2n) is 4.06. The largest absolute Gasteiger partial charge is 0.359 e. The van der Waals surface area contributed by atoms with Gasteiger partial charge in [0, 0.05) is 34.9 Å². The van der Waals surface area contributed by atoms with Gasteiger partial charge >= 0.3 is 0 Å². The van der Waals surface area contributed by atoms with E-state index in [0.29, 0.717) is 21.6 Å². The van der Waals surface area contributed by atoms with Crippen molar-refractivity contribution in [3.8, 4) is 0 Å². The molecule has 0 aliphatic heterocycles. The van der Waals surface area contributed by atoms with Gasteiger partial charge in [-0.3, -0.25) is 4.98 Å². The third-order valence-electron chi connectivity index (χ3n) is 2.68. The molecule has 2 heterocycles. The first-order valence-electron chi connectivity index (χ1n) is 5.63. The summed E-state index contributed by atoms with van der Waals surface area (Å²) in [6.07, 6.45) is 4.84. The number of hydrogen-bond acceptors (Lipinski definition) is 3. The number of nitrogens with zero attached hydrogens (tertiary/aromatic N) is 1. The van der Waals surface area contributed by atoms with Crippen LogP contribution in [-0.2, 0) is 0 Å². The van der Waals surface area contributed by atoms with E-state index >= 15 is 0 Å². The smallest absolute Gasteiger partial charge is 0.160 e. The number of H-pyrrole nitrogens is 1. The Labute approximate surface area is 122 Å². The maximum atomic E-state index is 13.3. The van der Waals surface area contributed by atoms with Gasteiger partial charge in [0.15, 0.2) is 11.6 Å². The summed E-state index contributed by atoms with van der Waals surface area (Å²) in [5, 5.41) is 1.11. The average molecular weight is 312 g/mol. The molecule has 7 heteroatoms. The van der Waals surface area contributed by atoms with E-state index in [1.54, 1.807) is 18.5 Å². The molecule has 0 fully saturated rings. The summed E-state index contributed by atoms with van der Waals surface area (Å²) in [5.41, 5.74) is 1.18. The van der Waals surface area contributed by atoms with Crippen LogP contribution in [0.4, 0.5) is 14.5 Å². The highest BCUT2D eigenvalue weighted by Gasteiger charge is 2.09. The minimum absolute atomic E-state index is 0.524. The third-order valence-corrected chi connectivity index (χ3v) is 3.67. The third kappa shape index (κ3) is 2.57. The van der Waals surface area contributed by atoms with Gasteiger partial charge < -0.3 is 9.71 Å². The summed E-state index contributed by atoms with van der Waals surface area (Å²) in [5.74, 6) is -1.76. The average Bonchev–Trinajstić information content (AvgIpc) is 2.79. The molecule has 0 bridgehead atoms. The van der Waals surface area contributed by atoms with Crippen LogP contribution in [0.3, 0.4) is 0 Å². The Morgan fingerprint density at radius 1 is 1.15 bits per heavy atom. The number of nitrogens with one attached hydrogen (secondary N) is 2. The van der Waals surface area contributed by atoms with Crippen molar-refractivity contribution in [2.24, 2.45) is 0 Å². The fourth-order valence-electron chi connectivity index (χ4n) is 1.76. The predicted octanol–water partition coefficient (Wildman–Crippen LogP) is 4.61. The molecule has 0 aliphatic carbocycles. The number of aromatic amines is 1. The zero-order valence-corrected chi connectivity index (χ0v) is 11.5. The van der Waals surface area contributed by atoms with Crippen molar-refractivity contribution in [2.45, 2.75) is 4.90 Å². The Morgan fingerprint density at radius 2 is 1.95 bits per heavy atom. The fourth-order valence-corrected chi connectivity index (χ4v) is 2.70. The molecular formula is C13H8ClF2N3S. The minimum atomic E-state index is -0.880. The Balaban J connectivity index is 1.86. The molecule has 0 amide bonds. The van der Waals surface area contributed by atoms with Gasteiger partial charge in [-0.25, -0.2) is 8.78 Å². The number of anilines is 1. The van der Waals surface area contributed by atoms with Crippen LogP contribution in [0.2, 0.25) is 5.02 Å². The zero-order valence-electron chi connectivity index (χ0n) is 9.95. The van der Waals surface area contributed by atoms with E-state index in [1.807, 2.05) is 0 Å². The van der Waals surface area contributed by atoms with E-state index in [9.17, 15) is 8.78 Å². The molecule has 0 saturated carbocycles. The lowest BCUT2D eigenvalue weighted by atomic mass is 10.2. The number of halogens is 3. The molecule has 3 aromatic rings. The van der Waals surface area contributed by atoms with Gasteiger partial charge in [0.1, 0.15) is 0 Å². The van der Waals surface area contributed by atoms with E-state index < -0.39 is 11.6 Å². The normalized spacial score (nSPS) is 10.9. The van der Waals surface area contributed by atoms with Gasteiger partial charge in [0.05, 0.1) is 16.2 Å². The molecule has 20 heavy (non-hydrogen) atoms. The van der Waals surface area contributed by atoms with E-state index in [4.69, 9.17) is 11.6 Å². The van der Waals surface area contributed by atoms with Crippen molar-refractivity contribution >= 4 is 40.1 Å². The van der Waals surface area contributed by atoms with Gasteiger partial charge in [0.2, 0.25) is 0 Å². The monoisotopic (exact) mass is 311 g/mol. The number of aromatic nitrogens is 2. The minimum Gasteiger partial charge on any atom is -0.359 e. The molecule has 2 N–H and O–H groups in total. The van der Waals surface area contributed by atoms with Crippen LogP contribution >= 0.6 is 23.5 Å². The van der Waals surface area contributed by atoms with Crippen LogP contribution in [0.5, 0.6) is 0 Å². The number of rotatable bonds is 3. The summed E-state index contributed by atoms with van der Waals surface area (Å²) < 4.78 is 29.4. The van der Waals surface area contributed by atoms with E-state index in [-0.39, 0.29) is 0 Å². The Hall–Kier alpha value is -1.79. The maximum absolute atomic E-state index is 13.3. The molecule has 0 atom stereocenters. The highest BCUT2D eigenvalue weighted by atomic mass is 35.5. The lowest BCUT2D eigenvalue weighted by molar-refractivity contribution is 0.511. The van der Waals surface area contributed by atoms with E-state index in [0.717, 1.165) is 17.0 Å². The molecular weight excluding hydrogens is 304 g/mol. The molecule has 3 rings (SSSR count).